The zero-order chi connectivity index (χ0) is 14.5. The van der Waals surface area contributed by atoms with Crippen molar-refractivity contribution in [2.24, 2.45) is 5.73 Å². The van der Waals surface area contributed by atoms with Crippen LogP contribution in [0.4, 0.5) is 0 Å². The fourth-order valence-corrected chi connectivity index (χ4v) is 2.43. The maximum atomic E-state index is 12.2. The molecule has 0 saturated carbocycles. The van der Waals surface area contributed by atoms with Gasteiger partial charge in [-0.25, -0.2) is 0 Å². The summed E-state index contributed by atoms with van der Waals surface area (Å²) in [6, 6.07) is 15.8. The molecule has 2 N–H and O–H groups in total. The van der Waals surface area contributed by atoms with Crippen molar-refractivity contribution < 1.29 is 4.79 Å². The van der Waals surface area contributed by atoms with Crippen LogP contribution >= 0.6 is 0 Å². The first kappa shape index (κ1) is 14.5. The zero-order valence-electron chi connectivity index (χ0n) is 12.1. The van der Waals surface area contributed by atoms with E-state index in [4.69, 9.17) is 5.73 Å². The molecule has 0 aromatic heterocycles. The minimum Gasteiger partial charge on any atom is -0.324 e. The van der Waals surface area contributed by atoms with Crippen LogP contribution in [0.5, 0.6) is 0 Å². The van der Waals surface area contributed by atoms with E-state index >= 15 is 0 Å². The smallest absolute Gasteiger partial charge is 0.162 e. The van der Waals surface area contributed by atoms with E-state index in [-0.39, 0.29) is 11.8 Å². The molecule has 104 valence electrons. The molecule has 0 aliphatic carbocycles. The maximum Gasteiger partial charge on any atom is 0.162 e. The van der Waals surface area contributed by atoms with Crippen LogP contribution in [0.2, 0.25) is 0 Å². The summed E-state index contributed by atoms with van der Waals surface area (Å²) in [5, 5.41) is 0. The summed E-state index contributed by atoms with van der Waals surface area (Å²) in [7, 11) is 0. The van der Waals surface area contributed by atoms with Crippen molar-refractivity contribution >= 4 is 5.78 Å². The molecule has 0 heterocycles. The van der Waals surface area contributed by atoms with E-state index in [1.54, 1.807) is 0 Å². The Hall–Kier alpha value is -1.93. The molecule has 2 rings (SSSR count). The number of hydrogen-bond donors (Lipinski definition) is 1. The Kier molecular flexibility index (Phi) is 4.70. The average molecular weight is 267 g/mol. The summed E-state index contributed by atoms with van der Waals surface area (Å²) in [5.41, 5.74) is 10.3. The first-order valence-electron chi connectivity index (χ1n) is 6.98. The lowest BCUT2D eigenvalue weighted by Gasteiger charge is -2.11. The Morgan fingerprint density at radius 2 is 1.65 bits per heavy atom. The van der Waals surface area contributed by atoms with Crippen LogP contribution in [0.1, 0.15) is 45.9 Å². The van der Waals surface area contributed by atoms with Crippen molar-refractivity contribution in [3.05, 3.63) is 70.8 Å². The van der Waals surface area contributed by atoms with Crippen molar-refractivity contribution in [1.82, 2.24) is 0 Å². The molecule has 0 fully saturated rings. The number of carbonyl (C=O) groups is 1. The van der Waals surface area contributed by atoms with Gasteiger partial charge >= 0.3 is 0 Å². The number of nitrogens with two attached hydrogens (primary N) is 1. The number of rotatable bonds is 5. The normalized spacial score (nSPS) is 12.2. The third-order valence-corrected chi connectivity index (χ3v) is 3.45. The number of Topliss-reactive ketones (excluding diaryl/α,β-unsaturated/α-hetero) is 1. The lowest BCUT2D eigenvalue weighted by atomic mass is 9.97. The second kappa shape index (κ2) is 6.49. The fraction of sp³-hybridized carbons (Fsp3) is 0.278. The average Bonchev–Trinajstić information content (AvgIpc) is 2.44. The molecule has 2 nitrogen and oxygen atoms in total. The summed E-state index contributed by atoms with van der Waals surface area (Å²) in [6.45, 7) is 4.03. The molecule has 0 radical (unpaired) electrons. The molecular formula is C18H21NO. The van der Waals surface area contributed by atoms with Gasteiger partial charge in [0.05, 0.1) is 0 Å². The van der Waals surface area contributed by atoms with Crippen LogP contribution in [-0.2, 0) is 0 Å². The third-order valence-electron chi connectivity index (χ3n) is 3.45. The maximum absolute atomic E-state index is 12.2. The minimum atomic E-state index is -0.0777. The number of hydrogen-bond acceptors (Lipinski definition) is 2. The molecule has 1 unspecified atom stereocenters. The van der Waals surface area contributed by atoms with E-state index in [2.05, 4.69) is 6.07 Å². The molecule has 20 heavy (non-hydrogen) atoms. The Labute approximate surface area is 120 Å². The van der Waals surface area contributed by atoms with Gasteiger partial charge in [-0.15, -0.1) is 0 Å². The SMILES string of the molecule is Cc1cc(C)cc(C(=O)CCC(N)c2ccccc2)c1. The number of aryl methyl sites for hydroxylation is 2. The van der Waals surface area contributed by atoms with Crippen LogP contribution in [0.15, 0.2) is 48.5 Å². The molecule has 1 atom stereocenters. The van der Waals surface area contributed by atoms with Gasteiger partial charge in [-0.3, -0.25) is 4.79 Å². The molecule has 2 aromatic carbocycles. The van der Waals surface area contributed by atoms with Crippen LogP contribution in [-0.4, -0.2) is 5.78 Å². The second-order valence-electron chi connectivity index (χ2n) is 5.36. The molecule has 0 amide bonds. The summed E-state index contributed by atoms with van der Waals surface area (Å²) in [6.07, 6.45) is 1.16. The summed E-state index contributed by atoms with van der Waals surface area (Å²) < 4.78 is 0. The first-order chi connectivity index (χ1) is 9.56. The second-order valence-corrected chi connectivity index (χ2v) is 5.36. The summed E-state index contributed by atoms with van der Waals surface area (Å²) in [4.78, 5) is 12.2. The van der Waals surface area contributed by atoms with Gasteiger partial charge in [-0.05, 0) is 38.0 Å². The van der Waals surface area contributed by atoms with Gasteiger partial charge in [-0.2, -0.15) is 0 Å². The van der Waals surface area contributed by atoms with Crippen molar-refractivity contribution in [3.8, 4) is 0 Å². The first-order valence-corrected chi connectivity index (χ1v) is 6.98. The summed E-state index contributed by atoms with van der Waals surface area (Å²) in [5.74, 6) is 0.170. The van der Waals surface area contributed by atoms with Crippen molar-refractivity contribution in [2.75, 3.05) is 0 Å². The van der Waals surface area contributed by atoms with E-state index in [9.17, 15) is 4.79 Å². The molecule has 0 aliphatic rings. The van der Waals surface area contributed by atoms with Gasteiger partial charge in [0.15, 0.2) is 5.78 Å². The van der Waals surface area contributed by atoms with E-state index in [0.717, 1.165) is 22.3 Å². The summed E-state index contributed by atoms with van der Waals surface area (Å²) >= 11 is 0. The molecule has 0 spiro atoms. The Balaban J connectivity index is 1.98. The zero-order valence-corrected chi connectivity index (χ0v) is 12.1. The Bertz CT molecular complexity index is 569. The monoisotopic (exact) mass is 267 g/mol. The van der Waals surface area contributed by atoms with Gasteiger partial charge < -0.3 is 5.73 Å². The quantitative estimate of drug-likeness (QED) is 0.833. The molecular weight excluding hydrogens is 246 g/mol. The van der Waals surface area contributed by atoms with Crippen molar-refractivity contribution in [1.29, 1.82) is 0 Å². The van der Waals surface area contributed by atoms with Crippen molar-refractivity contribution in [2.45, 2.75) is 32.7 Å². The minimum absolute atomic E-state index is 0.0777. The van der Waals surface area contributed by atoms with Gasteiger partial charge in [0.1, 0.15) is 0 Å². The standard InChI is InChI=1S/C18H21NO/c1-13-10-14(2)12-16(11-13)18(20)9-8-17(19)15-6-4-3-5-7-15/h3-7,10-12,17H,8-9,19H2,1-2H3. The lowest BCUT2D eigenvalue weighted by molar-refractivity contribution is 0.0977. The van der Waals surface area contributed by atoms with E-state index in [1.807, 2.05) is 56.3 Å². The van der Waals surface area contributed by atoms with Crippen LogP contribution < -0.4 is 5.73 Å². The predicted molar refractivity (Wildman–Crippen MR) is 82.9 cm³/mol. The van der Waals surface area contributed by atoms with E-state index in [0.29, 0.717) is 12.8 Å². The highest BCUT2D eigenvalue weighted by atomic mass is 16.1. The van der Waals surface area contributed by atoms with Gasteiger partial charge in [-0.1, -0.05) is 47.5 Å². The molecule has 2 aromatic rings. The fourth-order valence-electron chi connectivity index (χ4n) is 2.43. The molecule has 0 bridgehead atoms. The van der Waals surface area contributed by atoms with E-state index in [1.165, 1.54) is 0 Å². The highest BCUT2D eigenvalue weighted by molar-refractivity contribution is 5.96. The Morgan fingerprint density at radius 3 is 2.25 bits per heavy atom. The highest BCUT2D eigenvalue weighted by Crippen LogP contribution is 2.18. The van der Waals surface area contributed by atoms with Gasteiger partial charge in [0, 0.05) is 18.0 Å². The topological polar surface area (TPSA) is 43.1 Å². The largest absolute Gasteiger partial charge is 0.324 e. The van der Waals surface area contributed by atoms with E-state index < -0.39 is 0 Å². The number of carbonyl (C=O) groups excluding carboxylic acids is 1. The molecule has 2 heteroatoms. The van der Waals surface area contributed by atoms with Gasteiger partial charge in [0.2, 0.25) is 0 Å². The predicted octanol–water partition coefficient (Wildman–Crippen LogP) is 3.97. The van der Waals surface area contributed by atoms with Crippen LogP contribution in [0.3, 0.4) is 0 Å². The van der Waals surface area contributed by atoms with Crippen LogP contribution in [0.25, 0.3) is 0 Å². The van der Waals surface area contributed by atoms with Gasteiger partial charge in [0.25, 0.3) is 0 Å². The number of ketones is 1. The highest BCUT2D eigenvalue weighted by Gasteiger charge is 2.11. The number of benzene rings is 2. The molecule has 0 aliphatic heterocycles. The third kappa shape index (κ3) is 3.78. The van der Waals surface area contributed by atoms with Crippen molar-refractivity contribution in [3.63, 3.8) is 0 Å². The lowest BCUT2D eigenvalue weighted by Crippen LogP contribution is -2.12. The molecule has 0 saturated heterocycles. The van der Waals surface area contributed by atoms with Crippen LogP contribution in [0, 0.1) is 13.8 Å². The Morgan fingerprint density at radius 1 is 1.05 bits per heavy atom.